The van der Waals surface area contributed by atoms with Gasteiger partial charge < -0.3 is 14.6 Å². The van der Waals surface area contributed by atoms with Gasteiger partial charge in [0.2, 0.25) is 0 Å². The monoisotopic (exact) mass is 481 g/mol. The number of aliphatic hydroxyl groups is 1. The first kappa shape index (κ1) is 21.4. The van der Waals surface area contributed by atoms with E-state index in [1.165, 1.54) is 17.0 Å². The zero-order valence-corrected chi connectivity index (χ0v) is 18.6. The van der Waals surface area contributed by atoms with Crippen molar-refractivity contribution in [3.05, 3.63) is 93.5 Å². The van der Waals surface area contributed by atoms with Crippen molar-refractivity contribution in [1.82, 2.24) is 0 Å². The highest BCUT2D eigenvalue weighted by molar-refractivity contribution is 6.51. The Hall–Kier alpha value is -3.48. The molecule has 0 bridgehead atoms. The van der Waals surface area contributed by atoms with Crippen LogP contribution in [0.3, 0.4) is 0 Å². The quantitative estimate of drug-likeness (QED) is 0.308. The molecule has 1 unspecified atom stereocenters. The third kappa shape index (κ3) is 3.71. The summed E-state index contributed by atoms with van der Waals surface area (Å²) in [5.74, 6) is -0.851. The van der Waals surface area contributed by atoms with Gasteiger partial charge >= 0.3 is 0 Å². The van der Waals surface area contributed by atoms with Gasteiger partial charge in [0.05, 0.1) is 21.7 Å². The summed E-state index contributed by atoms with van der Waals surface area (Å²) in [6.07, 6.45) is 0. The molecule has 33 heavy (non-hydrogen) atoms. The Balaban J connectivity index is 1.69. The second kappa shape index (κ2) is 8.46. The Morgan fingerprint density at radius 2 is 1.61 bits per heavy atom. The number of amides is 1. The van der Waals surface area contributed by atoms with Crippen LogP contribution in [0.25, 0.3) is 5.76 Å². The fourth-order valence-electron chi connectivity index (χ4n) is 4.03. The van der Waals surface area contributed by atoms with Gasteiger partial charge in [0.25, 0.3) is 11.7 Å². The molecule has 2 heterocycles. The highest BCUT2D eigenvalue weighted by Crippen LogP contribution is 2.44. The summed E-state index contributed by atoms with van der Waals surface area (Å²) >= 11 is 12.1. The van der Waals surface area contributed by atoms with Crippen LogP contribution in [0.1, 0.15) is 17.2 Å². The van der Waals surface area contributed by atoms with Gasteiger partial charge in [-0.3, -0.25) is 14.5 Å². The van der Waals surface area contributed by atoms with Crippen molar-refractivity contribution in [3.63, 3.8) is 0 Å². The van der Waals surface area contributed by atoms with E-state index >= 15 is 0 Å². The maximum atomic E-state index is 13.2. The number of hydrogen-bond donors (Lipinski definition) is 1. The summed E-state index contributed by atoms with van der Waals surface area (Å²) in [5, 5.41) is 11.7. The summed E-state index contributed by atoms with van der Waals surface area (Å²) in [7, 11) is 0. The normalized spacial score (nSPS) is 19.1. The number of anilines is 1. The van der Waals surface area contributed by atoms with Crippen LogP contribution in [0.15, 0.2) is 72.3 Å². The minimum absolute atomic E-state index is 0.0421. The first-order chi connectivity index (χ1) is 16.0. The smallest absolute Gasteiger partial charge is 0.300 e. The maximum Gasteiger partial charge on any atom is 0.300 e. The lowest BCUT2D eigenvalue weighted by molar-refractivity contribution is -0.132. The van der Waals surface area contributed by atoms with Crippen LogP contribution in [-0.4, -0.2) is 30.0 Å². The highest BCUT2D eigenvalue weighted by atomic mass is 35.5. The van der Waals surface area contributed by atoms with Crippen LogP contribution in [0.2, 0.25) is 10.0 Å². The number of ether oxygens (including phenoxy) is 2. The first-order valence-electron chi connectivity index (χ1n) is 10.2. The van der Waals surface area contributed by atoms with E-state index in [1.54, 1.807) is 48.5 Å². The van der Waals surface area contributed by atoms with Crippen molar-refractivity contribution in [2.24, 2.45) is 0 Å². The number of carbonyl (C=O) groups excluding carboxylic acids is 2. The van der Waals surface area contributed by atoms with Gasteiger partial charge in [-0.2, -0.15) is 0 Å². The zero-order chi connectivity index (χ0) is 23.1. The summed E-state index contributed by atoms with van der Waals surface area (Å²) < 4.78 is 11.2. The first-order valence-corrected chi connectivity index (χ1v) is 10.9. The molecule has 3 aromatic rings. The highest BCUT2D eigenvalue weighted by Gasteiger charge is 2.47. The van der Waals surface area contributed by atoms with Crippen molar-refractivity contribution in [2.45, 2.75) is 6.04 Å². The number of ketones is 1. The molecule has 8 heteroatoms. The van der Waals surface area contributed by atoms with E-state index in [9.17, 15) is 14.7 Å². The standard InChI is InChI=1S/C25H17Cl2NO5/c26-17-8-6-15(12-18(17)27)23(29)21-22(14-4-2-1-3-5-14)28(25(31)24(21)30)16-7-9-19-20(13-16)33-11-10-32-19/h1-9,12-13,22,29H,10-11H2/b23-21+. The summed E-state index contributed by atoms with van der Waals surface area (Å²) in [6, 6.07) is 17.7. The van der Waals surface area contributed by atoms with E-state index in [2.05, 4.69) is 0 Å². The molecule has 0 spiro atoms. The lowest BCUT2D eigenvalue weighted by Crippen LogP contribution is -2.29. The molecular weight excluding hydrogens is 465 g/mol. The molecule has 2 aliphatic heterocycles. The lowest BCUT2D eigenvalue weighted by atomic mass is 9.95. The Morgan fingerprint density at radius 1 is 0.879 bits per heavy atom. The largest absolute Gasteiger partial charge is 0.507 e. The van der Waals surface area contributed by atoms with Gasteiger partial charge in [-0.05, 0) is 35.9 Å². The number of hydrogen-bond acceptors (Lipinski definition) is 5. The van der Waals surface area contributed by atoms with E-state index in [-0.39, 0.29) is 21.9 Å². The SMILES string of the molecule is O=C1C(=O)N(c2ccc3c(c2)OCCO3)C(c2ccccc2)/C1=C(\O)c1ccc(Cl)c(Cl)c1. The van der Waals surface area contributed by atoms with Gasteiger partial charge in [-0.25, -0.2) is 0 Å². The number of nitrogens with zero attached hydrogens (tertiary/aromatic N) is 1. The number of halogens is 2. The van der Waals surface area contributed by atoms with Crippen molar-refractivity contribution in [3.8, 4) is 11.5 Å². The van der Waals surface area contributed by atoms with E-state index in [0.717, 1.165) is 0 Å². The molecule has 5 rings (SSSR count). The fraction of sp³-hybridized carbons (Fsp3) is 0.120. The van der Waals surface area contributed by atoms with Crippen LogP contribution in [0.5, 0.6) is 11.5 Å². The predicted molar refractivity (Wildman–Crippen MR) is 125 cm³/mol. The van der Waals surface area contributed by atoms with Crippen molar-refractivity contribution < 1.29 is 24.2 Å². The van der Waals surface area contributed by atoms with E-state index < -0.39 is 17.7 Å². The summed E-state index contributed by atoms with van der Waals surface area (Å²) in [5.41, 5.74) is 1.35. The fourth-order valence-corrected chi connectivity index (χ4v) is 4.33. The van der Waals surface area contributed by atoms with Gasteiger partial charge in [0.1, 0.15) is 19.0 Å². The molecule has 1 fully saturated rings. The second-order valence-corrected chi connectivity index (χ2v) is 8.35. The Labute approximate surface area is 199 Å². The lowest BCUT2D eigenvalue weighted by Gasteiger charge is -2.27. The minimum Gasteiger partial charge on any atom is -0.507 e. The van der Waals surface area contributed by atoms with Gasteiger partial charge in [-0.1, -0.05) is 53.5 Å². The predicted octanol–water partition coefficient (Wildman–Crippen LogP) is 5.39. The van der Waals surface area contributed by atoms with Crippen LogP contribution in [0.4, 0.5) is 5.69 Å². The van der Waals surface area contributed by atoms with Crippen molar-refractivity contribution >= 4 is 46.3 Å². The summed E-state index contributed by atoms with van der Waals surface area (Å²) in [6.45, 7) is 0.819. The number of rotatable bonds is 3. The maximum absolute atomic E-state index is 13.2. The van der Waals surface area contributed by atoms with Crippen LogP contribution >= 0.6 is 23.2 Å². The Bertz CT molecular complexity index is 1310. The number of carbonyl (C=O) groups is 2. The Kier molecular flexibility index (Phi) is 5.48. The molecule has 1 amide bonds. The van der Waals surface area contributed by atoms with E-state index in [0.29, 0.717) is 41.0 Å². The van der Waals surface area contributed by atoms with Gasteiger partial charge in [0, 0.05) is 17.3 Å². The number of benzene rings is 3. The van der Waals surface area contributed by atoms with Gasteiger partial charge in [0.15, 0.2) is 11.5 Å². The number of aliphatic hydroxyl groups excluding tert-OH is 1. The van der Waals surface area contributed by atoms with Crippen molar-refractivity contribution in [2.75, 3.05) is 18.1 Å². The topological polar surface area (TPSA) is 76.1 Å². The molecule has 0 aliphatic carbocycles. The minimum atomic E-state index is -0.858. The molecule has 1 atom stereocenters. The summed E-state index contributed by atoms with van der Waals surface area (Å²) in [4.78, 5) is 27.8. The third-order valence-electron chi connectivity index (χ3n) is 5.56. The number of Topliss-reactive ketones (excluding diaryl/α,β-unsaturated/α-hetero) is 1. The molecule has 2 aliphatic rings. The van der Waals surface area contributed by atoms with Crippen LogP contribution in [0, 0.1) is 0 Å². The van der Waals surface area contributed by atoms with Gasteiger partial charge in [-0.15, -0.1) is 0 Å². The second-order valence-electron chi connectivity index (χ2n) is 7.54. The molecule has 1 saturated heterocycles. The molecule has 0 radical (unpaired) electrons. The molecule has 1 N–H and O–H groups in total. The average Bonchev–Trinajstić information content (AvgIpc) is 3.11. The van der Waals surface area contributed by atoms with E-state index in [1.807, 2.05) is 6.07 Å². The molecule has 166 valence electrons. The third-order valence-corrected chi connectivity index (χ3v) is 6.30. The Morgan fingerprint density at radius 3 is 2.33 bits per heavy atom. The molecule has 0 aromatic heterocycles. The molecule has 0 saturated carbocycles. The average molecular weight is 482 g/mol. The zero-order valence-electron chi connectivity index (χ0n) is 17.1. The van der Waals surface area contributed by atoms with Crippen molar-refractivity contribution in [1.29, 1.82) is 0 Å². The van der Waals surface area contributed by atoms with Crippen LogP contribution in [-0.2, 0) is 9.59 Å². The molecular formula is C25H17Cl2NO5. The van der Waals surface area contributed by atoms with E-state index in [4.69, 9.17) is 32.7 Å². The van der Waals surface area contributed by atoms with Crippen LogP contribution < -0.4 is 14.4 Å². The number of fused-ring (bicyclic) bond motifs is 1. The molecule has 6 nitrogen and oxygen atoms in total. The molecule has 3 aromatic carbocycles.